The molecule has 1 fully saturated rings. The van der Waals surface area contributed by atoms with Crippen LogP contribution in [0.15, 0.2) is 6.20 Å². The lowest BCUT2D eigenvalue weighted by molar-refractivity contribution is 0.0760. The van der Waals surface area contributed by atoms with Gasteiger partial charge in [0.1, 0.15) is 11.4 Å². The molecule has 1 atom stereocenters. The molecule has 1 aliphatic heterocycles. The average molecular weight is 250 g/mol. The predicted octanol–water partition coefficient (Wildman–Crippen LogP) is 1.89. The van der Waals surface area contributed by atoms with E-state index in [2.05, 4.69) is 24.0 Å². The standard InChI is InChI=1S/C13H22N4O/c1-9(2)10-4-3-6-17(7-5-10)13(18)11-8-15-16-12(11)14/h8-10H,3-7H2,1-2H3,(H3,14,15,16). The van der Waals surface area contributed by atoms with E-state index in [0.29, 0.717) is 17.3 Å². The van der Waals surface area contributed by atoms with Crippen molar-refractivity contribution in [1.82, 2.24) is 15.1 Å². The Morgan fingerprint density at radius 3 is 2.89 bits per heavy atom. The number of hydrogen-bond donors (Lipinski definition) is 2. The van der Waals surface area contributed by atoms with E-state index in [9.17, 15) is 4.79 Å². The van der Waals surface area contributed by atoms with Crippen LogP contribution in [-0.2, 0) is 0 Å². The smallest absolute Gasteiger partial charge is 0.259 e. The van der Waals surface area contributed by atoms with Gasteiger partial charge in [0, 0.05) is 13.1 Å². The molecule has 100 valence electrons. The van der Waals surface area contributed by atoms with Gasteiger partial charge in [0.05, 0.1) is 6.20 Å². The zero-order chi connectivity index (χ0) is 13.1. The number of aromatic amines is 1. The first-order valence-corrected chi connectivity index (χ1v) is 6.67. The number of rotatable bonds is 2. The molecule has 2 rings (SSSR count). The van der Waals surface area contributed by atoms with Crippen molar-refractivity contribution in [3.63, 3.8) is 0 Å². The minimum absolute atomic E-state index is 0.00524. The minimum Gasteiger partial charge on any atom is -0.383 e. The Hall–Kier alpha value is -1.52. The first-order valence-electron chi connectivity index (χ1n) is 6.67. The highest BCUT2D eigenvalue weighted by Crippen LogP contribution is 2.25. The third kappa shape index (κ3) is 2.66. The summed E-state index contributed by atoms with van der Waals surface area (Å²) >= 11 is 0. The third-order valence-electron chi connectivity index (χ3n) is 3.90. The van der Waals surface area contributed by atoms with Crippen LogP contribution in [-0.4, -0.2) is 34.1 Å². The summed E-state index contributed by atoms with van der Waals surface area (Å²) in [4.78, 5) is 14.2. The number of nitrogens with zero attached hydrogens (tertiary/aromatic N) is 2. The molecule has 0 saturated carbocycles. The van der Waals surface area contributed by atoms with Gasteiger partial charge >= 0.3 is 0 Å². The first-order chi connectivity index (χ1) is 8.59. The molecule has 1 aromatic heterocycles. The fraction of sp³-hybridized carbons (Fsp3) is 0.692. The molecule has 5 nitrogen and oxygen atoms in total. The third-order valence-corrected chi connectivity index (χ3v) is 3.90. The minimum atomic E-state index is 0.00524. The number of H-pyrrole nitrogens is 1. The van der Waals surface area contributed by atoms with Crippen LogP contribution < -0.4 is 5.73 Å². The summed E-state index contributed by atoms with van der Waals surface area (Å²) in [5.74, 6) is 1.79. The normalized spacial score (nSPS) is 21.1. The summed E-state index contributed by atoms with van der Waals surface area (Å²) in [6, 6.07) is 0. The Morgan fingerprint density at radius 2 is 2.28 bits per heavy atom. The van der Waals surface area contributed by atoms with Gasteiger partial charge in [-0.15, -0.1) is 0 Å². The van der Waals surface area contributed by atoms with E-state index in [-0.39, 0.29) is 5.91 Å². The van der Waals surface area contributed by atoms with E-state index >= 15 is 0 Å². The number of carbonyl (C=O) groups excluding carboxylic acids is 1. The Bertz CT molecular complexity index is 413. The largest absolute Gasteiger partial charge is 0.383 e. The maximum absolute atomic E-state index is 12.3. The SMILES string of the molecule is CC(C)C1CCCN(C(=O)c2cn[nH]c2N)CC1. The van der Waals surface area contributed by atoms with Gasteiger partial charge in [0.25, 0.3) is 5.91 Å². The van der Waals surface area contributed by atoms with Crippen molar-refractivity contribution >= 4 is 11.7 Å². The van der Waals surface area contributed by atoms with Crippen molar-refractivity contribution in [3.8, 4) is 0 Å². The highest BCUT2D eigenvalue weighted by molar-refractivity contribution is 5.98. The average Bonchev–Trinajstić information content (AvgIpc) is 2.63. The van der Waals surface area contributed by atoms with Crippen LogP contribution in [0, 0.1) is 11.8 Å². The van der Waals surface area contributed by atoms with E-state index in [1.165, 1.54) is 12.6 Å². The molecule has 2 heterocycles. The van der Waals surface area contributed by atoms with E-state index in [1.807, 2.05) is 4.90 Å². The summed E-state index contributed by atoms with van der Waals surface area (Å²) in [5.41, 5.74) is 6.20. The van der Waals surface area contributed by atoms with Crippen molar-refractivity contribution < 1.29 is 4.79 Å². The molecule has 5 heteroatoms. The molecule has 0 bridgehead atoms. The van der Waals surface area contributed by atoms with Crippen LogP contribution in [0.5, 0.6) is 0 Å². The van der Waals surface area contributed by atoms with Gasteiger partial charge in [-0.25, -0.2) is 0 Å². The van der Waals surface area contributed by atoms with Crippen molar-refractivity contribution in [3.05, 3.63) is 11.8 Å². The fourth-order valence-corrected chi connectivity index (χ4v) is 2.63. The number of nitrogens with two attached hydrogens (primary N) is 1. The van der Waals surface area contributed by atoms with Gasteiger partial charge < -0.3 is 10.6 Å². The molecule has 1 amide bonds. The van der Waals surface area contributed by atoms with Crippen LogP contribution in [0.4, 0.5) is 5.82 Å². The van der Waals surface area contributed by atoms with Crippen LogP contribution >= 0.6 is 0 Å². The van der Waals surface area contributed by atoms with Crippen molar-refractivity contribution in [2.24, 2.45) is 11.8 Å². The van der Waals surface area contributed by atoms with Crippen molar-refractivity contribution in [1.29, 1.82) is 0 Å². The molecule has 1 saturated heterocycles. The van der Waals surface area contributed by atoms with E-state index in [1.54, 1.807) is 0 Å². The van der Waals surface area contributed by atoms with Gasteiger partial charge in [-0.1, -0.05) is 13.8 Å². The monoisotopic (exact) mass is 250 g/mol. The van der Waals surface area contributed by atoms with Crippen LogP contribution in [0.25, 0.3) is 0 Å². The lowest BCUT2D eigenvalue weighted by Gasteiger charge is -2.21. The van der Waals surface area contributed by atoms with E-state index in [0.717, 1.165) is 31.8 Å². The number of aromatic nitrogens is 2. The lowest BCUT2D eigenvalue weighted by Crippen LogP contribution is -2.32. The van der Waals surface area contributed by atoms with Crippen molar-refractivity contribution in [2.45, 2.75) is 33.1 Å². The maximum atomic E-state index is 12.3. The number of anilines is 1. The van der Waals surface area contributed by atoms with Crippen molar-refractivity contribution in [2.75, 3.05) is 18.8 Å². The molecule has 18 heavy (non-hydrogen) atoms. The van der Waals surface area contributed by atoms with Gasteiger partial charge in [-0.05, 0) is 31.1 Å². The number of amides is 1. The summed E-state index contributed by atoms with van der Waals surface area (Å²) in [5, 5.41) is 6.42. The second-order valence-corrected chi connectivity index (χ2v) is 5.42. The van der Waals surface area contributed by atoms with Gasteiger partial charge in [-0.2, -0.15) is 5.10 Å². The molecule has 1 unspecified atom stereocenters. The molecule has 0 radical (unpaired) electrons. The van der Waals surface area contributed by atoms with Gasteiger partial charge in [0.2, 0.25) is 0 Å². The number of hydrogen-bond acceptors (Lipinski definition) is 3. The zero-order valence-electron chi connectivity index (χ0n) is 11.1. The number of nitrogen functional groups attached to an aromatic ring is 1. The highest BCUT2D eigenvalue weighted by atomic mass is 16.2. The molecule has 1 aromatic rings. The zero-order valence-corrected chi connectivity index (χ0v) is 11.1. The van der Waals surface area contributed by atoms with Crippen LogP contribution in [0.3, 0.4) is 0 Å². The Kier molecular flexibility index (Phi) is 3.89. The first kappa shape index (κ1) is 12.9. The second kappa shape index (κ2) is 5.42. The highest BCUT2D eigenvalue weighted by Gasteiger charge is 2.24. The Balaban J connectivity index is 2.02. The molecule has 0 aliphatic carbocycles. The van der Waals surface area contributed by atoms with E-state index < -0.39 is 0 Å². The second-order valence-electron chi connectivity index (χ2n) is 5.42. The van der Waals surface area contributed by atoms with Gasteiger partial charge in [-0.3, -0.25) is 9.89 Å². The van der Waals surface area contributed by atoms with Gasteiger partial charge in [0.15, 0.2) is 0 Å². The summed E-state index contributed by atoms with van der Waals surface area (Å²) in [6.07, 6.45) is 4.89. The van der Waals surface area contributed by atoms with Crippen LogP contribution in [0.2, 0.25) is 0 Å². The van der Waals surface area contributed by atoms with Crippen LogP contribution in [0.1, 0.15) is 43.5 Å². The molecule has 1 aliphatic rings. The maximum Gasteiger partial charge on any atom is 0.259 e. The quantitative estimate of drug-likeness (QED) is 0.841. The Labute approximate surface area is 108 Å². The Morgan fingerprint density at radius 1 is 1.50 bits per heavy atom. The van der Waals surface area contributed by atoms with E-state index in [4.69, 9.17) is 5.73 Å². The molecule has 3 N–H and O–H groups in total. The topological polar surface area (TPSA) is 75.0 Å². The predicted molar refractivity (Wildman–Crippen MR) is 71.1 cm³/mol. The summed E-state index contributed by atoms with van der Waals surface area (Å²) in [7, 11) is 0. The molecule has 0 aromatic carbocycles. The molecular formula is C13H22N4O. The number of likely N-dealkylation sites (tertiary alicyclic amines) is 1. The number of nitrogens with one attached hydrogen (secondary N) is 1. The summed E-state index contributed by atoms with van der Waals surface area (Å²) in [6.45, 7) is 6.17. The number of carbonyl (C=O) groups is 1. The summed E-state index contributed by atoms with van der Waals surface area (Å²) < 4.78 is 0. The molecule has 0 spiro atoms. The fourth-order valence-electron chi connectivity index (χ4n) is 2.63. The molecular weight excluding hydrogens is 228 g/mol. The lowest BCUT2D eigenvalue weighted by atomic mass is 9.89.